The maximum atomic E-state index is 13.8. The molecule has 0 spiro atoms. The van der Waals surface area contributed by atoms with Gasteiger partial charge in [-0.1, -0.05) is 29.8 Å². The Kier molecular flexibility index (Phi) is 2.67. The molecule has 2 nitrogen and oxygen atoms in total. The van der Waals surface area contributed by atoms with Crippen LogP contribution in [0.5, 0.6) is 0 Å². The first-order valence-electron chi connectivity index (χ1n) is 6.96. The first-order valence-corrected chi connectivity index (χ1v) is 7.94. The summed E-state index contributed by atoms with van der Waals surface area (Å²) in [6.45, 7) is 2.74. The van der Waals surface area contributed by atoms with Gasteiger partial charge in [0.05, 0.1) is 0 Å². The van der Waals surface area contributed by atoms with E-state index in [9.17, 15) is 9.18 Å². The SMILES string of the molecule is Cc1ccc(C23SCCN2C(=O)c2ccc(F)cc23)cc1. The quantitative estimate of drug-likeness (QED) is 0.803. The molecule has 106 valence electrons. The zero-order valence-electron chi connectivity index (χ0n) is 11.6. The Morgan fingerprint density at radius 1 is 1.19 bits per heavy atom. The Hall–Kier alpha value is -1.81. The van der Waals surface area contributed by atoms with Crippen molar-refractivity contribution < 1.29 is 9.18 Å². The molecule has 4 rings (SSSR count). The minimum absolute atomic E-state index is 0.00979. The van der Waals surface area contributed by atoms with Gasteiger partial charge in [0, 0.05) is 23.4 Å². The molecule has 1 atom stereocenters. The van der Waals surface area contributed by atoms with Crippen LogP contribution in [0.3, 0.4) is 0 Å². The average Bonchev–Trinajstić information content (AvgIpc) is 3.00. The van der Waals surface area contributed by atoms with Crippen molar-refractivity contribution in [2.24, 2.45) is 0 Å². The Balaban J connectivity index is 2.00. The summed E-state index contributed by atoms with van der Waals surface area (Å²) in [5, 5.41) is 0. The second-order valence-electron chi connectivity index (χ2n) is 5.51. The number of thioether (sulfide) groups is 1. The van der Waals surface area contributed by atoms with Crippen LogP contribution in [-0.4, -0.2) is 23.1 Å². The molecular weight excluding hydrogens is 285 g/mol. The minimum Gasteiger partial charge on any atom is -0.315 e. The zero-order chi connectivity index (χ0) is 14.6. The van der Waals surface area contributed by atoms with Gasteiger partial charge < -0.3 is 4.90 Å². The third-order valence-corrected chi connectivity index (χ3v) is 5.75. The normalized spacial score (nSPS) is 23.3. The highest BCUT2D eigenvalue weighted by molar-refractivity contribution is 8.00. The molecule has 2 aromatic rings. The number of carbonyl (C=O) groups excluding carboxylic acids is 1. The van der Waals surface area contributed by atoms with Crippen LogP contribution in [0.4, 0.5) is 4.39 Å². The van der Waals surface area contributed by atoms with E-state index in [1.54, 1.807) is 17.8 Å². The van der Waals surface area contributed by atoms with Gasteiger partial charge in [-0.2, -0.15) is 0 Å². The summed E-state index contributed by atoms with van der Waals surface area (Å²) < 4.78 is 13.8. The fourth-order valence-corrected chi connectivity index (χ4v) is 4.82. The molecule has 1 fully saturated rings. The van der Waals surface area contributed by atoms with E-state index in [1.807, 2.05) is 36.1 Å². The Labute approximate surface area is 127 Å². The summed E-state index contributed by atoms with van der Waals surface area (Å²) in [5.41, 5.74) is 3.64. The van der Waals surface area contributed by atoms with E-state index in [2.05, 4.69) is 0 Å². The highest BCUT2D eigenvalue weighted by Crippen LogP contribution is 2.55. The van der Waals surface area contributed by atoms with Gasteiger partial charge >= 0.3 is 0 Å². The monoisotopic (exact) mass is 299 g/mol. The fraction of sp³-hybridized carbons (Fsp3) is 0.235. The molecule has 2 heterocycles. The van der Waals surface area contributed by atoms with Crippen molar-refractivity contribution in [1.82, 2.24) is 4.90 Å². The number of rotatable bonds is 1. The fourth-order valence-electron chi connectivity index (χ4n) is 3.29. The molecule has 0 saturated carbocycles. The Bertz CT molecular complexity index is 743. The third kappa shape index (κ3) is 1.62. The molecule has 2 aliphatic heterocycles. The maximum Gasteiger partial charge on any atom is 0.255 e. The number of aryl methyl sites for hydroxylation is 1. The minimum atomic E-state index is -0.553. The summed E-state index contributed by atoms with van der Waals surface area (Å²) >= 11 is 1.71. The topological polar surface area (TPSA) is 20.3 Å². The Morgan fingerprint density at radius 2 is 1.95 bits per heavy atom. The molecule has 4 heteroatoms. The second-order valence-corrected chi connectivity index (χ2v) is 6.79. The van der Waals surface area contributed by atoms with Crippen molar-refractivity contribution in [3.05, 3.63) is 70.5 Å². The predicted octanol–water partition coefficient (Wildman–Crippen LogP) is 3.54. The van der Waals surface area contributed by atoms with Crippen LogP contribution in [0.25, 0.3) is 0 Å². The van der Waals surface area contributed by atoms with Gasteiger partial charge in [0.1, 0.15) is 10.7 Å². The van der Waals surface area contributed by atoms with Crippen molar-refractivity contribution in [1.29, 1.82) is 0 Å². The predicted molar refractivity (Wildman–Crippen MR) is 81.9 cm³/mol. The van der Waals surface area contributed by atoms with Gasteiger partial charge in [-0.05, 0) is 30.7 Å². The molecule has 1 saturated heterocycles. The van der Waals surface area contributed by atoms with Crippen LogP contribution >= 0.6 is 11.8 Å². The van der Waals surface area contributed by atoms with Crippen molar-refractivity contribution in [2.75, 3.05) is 12.3 Å². The lowest BCUT2D eigenvalue weighted by Gasteiger charge is -2.32. The van der Waals surface area contributed by atoms with Crippen molar-refractivity contribution in [2.45, 2.75) is 11.8 Å². The van der Waals surface area contributed by atoms with Gasteiger partial charge in [-0.3, -0.25) is 4.79 Å². The first-order chi connectivity index (χ1) is 10.1. The number of nitrogens with zero attached hydrogens (tertiary/aromatic N) is 1. The third-order valence-electron chi connectivity index (χ3n) is 4.27. The maximum absolute atomic E-state index is 13.8. The number of benzene rings is 2. The van der Waals surface area contributed by atoms with E-state index >= 15 is 0 Å². The molecule has 1 amide bonds. The van der Waals surface area contributed by atoms with E-state index in [1.165, 1.54) is 17.7 Å². The molecule has 2 aromatic carbocycles. The molecule has 0 bridgehead atoms. The summed E-state index contributed by atoms with van der Waals surface area (Å²) in [7, 11) is 0. The van der Waals surface area contributed by atoms with E-state index in [4.69, 9.17) is 0 Å². The molecule has 1 unspecified atom stereocenters. The highest BCUT2D eigenvalue weighted by atomic mass is 32.2. The van der Waals surface area contributed by atoms with Crippen LogP contribution in [0.2, 0.25) is 0 Å². The largest absolute Gasteiger partial charge is 0.315 e. The molecule has 0 aromatic heterocycles. The van der Waals surface area contributed by atoms with Crippen molar-refractivity contribution in [3.8, 4) is 0 Å². The van der Waals surface area contributed by atoms with Crippen LogP contribution in [0.1, 0.15) is 27.0 Å². The highest BCUT2D eigenvalue weighted by Gasteiger charge is 2.54. The number of amides is 1. The van der Waals surface area contributed by atoms with Gasteiger partial charge in [0.2, 0.25) is 0 Å². The molecule has 0 aliphatic carbocycles. The van der Waals surface area contributed by atoms with Crippen LogP contribution in [-0.2, 0) is 4.87 Å². The molecule has 21 heavy (non-hydrogen) atoms. The van der Waals surface area contributed by atoms with Crippen molar-refractivity contribution >= 4 is 17.7 Å². The summed E-state index contributed by atoms with van der Waals surface area (Å²) in [5.74, 6) is 0.591. The van der Waals surface area contributed by atoms with Gasteiger partial charge in [-0.25, -0.2) is 4.39 Å². The lowest BCUT2D eigenvalue weighted by molar-refractivity contribution is 0.0752. The van der Waals surface area contributed by atoms with E-state index in [-0.39, 0.29) is 11.7 Å². The van der Waals surface area contributed by atoms with Crippen LogP contribution in [0.15, 0.2) is 42.5 Å². The number of fused-ring (bicyclic) bond motifs is 3. The summed E-state index contributed by atoms with van der Waals surface area (Å²) in [6, 6.07) is 12.7. The molecule has 0 radical (unpaired) electrons. The molecule has 0 N–H and O–H groups in total. The van der Waals surface area contributed by atoms with Gasteiger partial charge in [0.25, 0.3) is 5.91 Å². The number of hydrogen-bond donors (Lipinski definition) is 0. The van der Waals surface area contributed by atoms with Crippen LogP contribution in [0, 0.1) is 12.7 Å². The molecule has 2 aliphatic rings. The lowest BCUT2D eigenvalue weighted by atomic mass is 9.96. The average molecular weight is 299 g/mol. The van der Waals surface area contributed by atoms with E-state index in [0.29, 0.717) is 12.1 Å². The molecular formula is C17H14FNOS. The smallest absolute Gasteiger partial charge is 0.255 e. The number of halogens is 1. The van der Waals surface area contributed by atoms with Crippen molar-refractivity contribution in [3.63, 3.8) is 0 Å². The van der Waals surface area contributed by atoms with E-state index < -0.39 is 4.87 Å². The first kappa shape index (κ1) is 12.9. The zero-order valence-corrected chi connectivity index (χ0v) is 12.4. The van der Waals surface area contributed by atoms with Gasteiger partial charge in [0.15, 0.2) is 0 Å². The number of carbonyl (C=O) groups is 1. The summed E-state index contributed by atoms with van der Waals surface area (Å²) in [4.78, 5) is 14.0. The van der Waals surface area contributed by atoms with Crippen LogP contribution < -0.4 is 0 Å². The lowest BCUT2D eigenvalue weighted by Crippen LogP contribution is -2.37. The summed E-state index contributed by atoms with van der Waals surface area (Å²) in [6.07, 6.45) is 0. The standard InChI is InChI=1S/C17H14FNOS/c1-11-2-4-12(5-3-11)17-15-10-13(18)6-7-14(15)16(20)19(17)8-9-21-17/h2-7,10H,8-9H2,1H3. The van der Waals surface area contributed by atoms with Gasteiger partial charge in [-0.15, -0.1) is 11.8 Å². The number of hydrogen-bond acceptors (Lipinski definition) is 2. The Morgan fingerprint density at radius 3 is 2.71 bits per heavy atom. The second kappa shape index (κ2) is 4.34. The van der Waals surface area contributed by atoms with E-state index in [0.717, 1.165) is 16.9 Å².